The molecule has 3 rings (SSSR count). The van der Waals surface area contributed by atoms with Gasteiger partial charge in [0.2, 0.25) is 0 Å². The SMILES string of the molecule is O=S(=O)(O)C(c1ccc(O)cc1)(c1ccc(O)cc1Cl)c1cc(Cl)c(Cl)cc1Cl. The number of hydrogen-bond donors (Lipinski definition) is 3. The molecule has 0 aliphatic rings. The first-order valence-electron chi connectivity index (χ1n) is 7.89. The molecule has 0 radical (unpaired) electrons. The lowest BCUT2D eigenvalue weighted by Crippen LogP contribution is -2.38. The zero-order valence-corrected chi connectivity index (χ0v) is 18.1. The van der Waals surface area contributed by atoms with Crippen LogP contribution in [-0.4, -0.2) is 23.2 Å². The summed E-state index contributed by atoms with van der Waals surface area (Å²) in [5.74, 6) is -0.344. The first kappa shape index (κ1) is 22.0. The Hall–Kier alpha value is -1.67. The van der Waals surface area contributed by atoms with Gasteiger partial charge in [0.05, 0.1) is 10.0 Å². The zero-order chi connectivity index (χ0) is 21.6. The van der Waals surface area contributed by atoms with E-state index >= 15 is 0 Å². The summed E-state index contributed by atoms with van der Waals surface area (Å²) in [6.45, 7) is 0. The lowest BCUT2D eigenvalue weighted by atomic mass is 9.83. The minimum atomic E-state index is -5.02. The van der Waals surface area contributed by atoms with Crippen LogP contribution in [0.1, 0.15) is 16.7 Å². The van der Waals surface area contributed by atoms with Crippen LogP contribution in [0.5, 0.6) is 11.5 Å². The van der Waals surface area contributed by atoms with Gasteiger partial charge in [-0.15, -0.1) is 0 Å². The van der Waals surface area contributed by atoms with Gasteiger partial charge < -0.3 is 10.2 Å². The molecule has 3 aromatic rings. The van der Waals surface area contributed by atoms with Crippen LogP contribution < -0.4 is 0 Å². The van der Waals surface area contributed by atoms with Crippen molar-refractivity contribution in [3.63, 3.8) is 0 Å². The van der Waals surface area contributed by atoms with Crippen molar-refractivity contribution in [3.8, 4) is 11.5 Å². The van der Waals surface area contributed by atoms with E-state index in [9.17, 15) is 23.2 Å². The number of hydrogen-bond acceptors (Lipinski definition) is 4. The first-order valence-corrected chi connectivity index (χ1v) is 10.8. The summed E-state index contributed by atoms with van der Waals surface area (Å²) in [7, 11) is -5.02. The third kappa shape index (κ3) is 3.77. The predicted octanol–water partition coefficient (Wildman–Crippen LogP) is 5.89. The fourth-order valence-electron chi connectivity index (χ4n) is 3.16. The van der Waals surface area contributed by atoms with Gasteiger partial charge in [0.1, 0.15) is 11.5 Å². The number of phenols is 2. The van der Waals surface area contributed by atoms with Crippen molar-refractivity contribution in [2.45, 2.75) is 4.75 Å². The molecule has 0 saturated heterocycles. The maximum absolute atomic E-state index is 13.0. The number of halogens is 4. The van der Waals surface area contributed by atoms with Crippen LogP contribution in [0.25, 0.3) is 0 Å². The molecule has 0 fully saturated rings. The maximum Gasteiger partial charge on any atom is 0.283 e. The lowest BCUT2D eigenvalue weighted by molar-refractivity contribution is 0.456. The van der Waals surface area contributed by atoms with Gasteiger partial charge in [-0.1, -0.05) is 64.6 Å². The molecular weight excluding hydrogens is 482 g/mol. The predicted molar refractivity (Wildman–Crippen MR) is 114 cm³/mol. The van der Waals surface area contributed by atoms with E-state index in [2.05, 4.69) is 0 Å². The summed E-state index contributed by atoms with van der Waals surface area (Å²) in [5.41, 5.74) is -0.189. The van der Waals surface area contributed by atoms with E-state index in [1.807, 2.05) is 0 Å². The van der Waals surface area contributed by atoms with Crippen molar-refractivity contribution < 1.29 is 23.2 Å². The van der Waals surface area contributed by atoms with Crippen LogP contribution in [0.4, 0.5) is 0 Å². The van der Waals surface area contributed by atoms with E-state index in [0.29, 0.717) is 0 Å². The van der Waals surface area contributed by atoms with E-state index in [1.165, 1.54) is 48.5 Å². The van der Waals surface area contributed by atoms with Gasteiger partial charge in [0, 0.05) is 21.2 Å². The van der Waals surface area contributed by atoms with Crippen molar-refractivity contribution in [3.05, 3.63) is 91.4 Å². The summed E-state index contributed by atoms with van der Waals surface area (Å²) in [6, 6.07) is 11.1. The fraction of sp³-hybridized carbons (Fsp3) is 0.0526. The quantitative estimate of drug-likeness (QED) is 0.239. The average Bonchev–Trinajstić information content (AvgIpc) is 2.61. The molecule has 0 saturated carbocycles. The molecule has 0 spiro atoms. The van der Waals surface area contributed by atoms with E-state index in [0.717, 1.165) is 6.07 Å². The number of rotatable bonds is 4. The highest BCUT2D eigenvalue weighted by Crippen LogP contribution is 2.50. The van der Waals surface area contributed by atoms with E-state index in [1.54, 1.807) is 0 Å². The summed E-state index contributed by atoms with van der Waals surface area (Å²) < 4.78 is 34.1. The van der Waals surface area contributed by atoms with Gasteiger partial charge in [-0.2, -0.15) is 8.42 Å². The molecule has 3 N–H and O–H groups in total. The van der Waals surface area contributed by atoms with Crippen LogP contribution in [0.2, 0.25) is 20.1 Å². The molecule has 5 nitrogen and oxygen atoms in total. The average molecular weight is 494 g/mol. The van der Waals surface area contributed by atoms with Gasteiger partial charge >= 0.3 is 0 Å². The highest BCUT2D eigenvalue weighted by atomic mass is 35.5. The Morgan fingerprint density at radius 3 is 1.72 bits per heavy atom. The van der Waals surface area contributed by atoms with Crippen molar-refractivity contribution in [1.82, 2.24) is 0 Å². The van der Waals surface area contributed by atoms with Crippen LogP contribution in [-0.2, 0) is 14.9 Å². The monoisotopic (exact) mass is 492 g/mol. The second-order valence-corrected chi connectivity index (χ2v) is 9.30. The van der Waals surface area contributed by atoms with Crippen molar-refractivity contribution in [2.75, 3.05) is 0 Å². The minimum absolute atomic E-state index is 0.00669. The molecular formula is C19H12Cl4O5S. The molecule has 1 atom stereocenters. The fourth-order valence-corrected chi connectivity index (χ4v) is 5.61. The van der Waals surface area contributed by atoms with Crippen molar-refractivity contribution in [1.29, 1.82) is 0 Å². The molecule has 1 unspecified atom stereocenters. The molecule has 0 aromatic heterocycles. The van der Waals surface area contributed by atoms with E-state index in [4.69, 9.17) is 46.4 Å². The van der Waals surface area contributed by atoms with Crippen LogP contribution >= 0.6 is 46.4 Å². The number of benzene rings is 3. The molecule has 0 heterocycles. The highest BCUT2D eigenvalue weighted by molar-refractivity contribution is 7.87. The maximum atomic E-state index is 13.0. The molecule has 0 aliphatic carbocycles. The number of phenolic OH excluding ortho intramolecular Hbond substituents is 2. The summed E-state index contributed by atoms with van der Waals surface area (Å²) in [4.78, 5) is 0. The second-order valence-electron chi connectivity index (χ2n) is 6.11. The van der Waals surface area contributed by atoms with Crippen molar-refractivity contribution in [2.24, 2.45) is 0 Å². The van der Waals surface area contributed by atoms with Crippen LogP contribution in [0.3, 0.4) is 0 Å². The molecule has 0 amide bonds. The molecule has 152 valence electrons. The van der Waals surface area contributed by atoms with Gasteiger partial charge in [-0.05, 0) is 42.0 Å². The standard InChI is InChI=1S/C19H12Cl4O5S/c20-15-7-12(25)5-6-13(15)19(29(26,27)28,10-1-3-11(24)4-2-10)14-8-17(22)18(23)9-16(14)21/h1-9,24-25H,(H,26,27,28). The van der Waals surface area contributed by atoms with E-state index < -0.39 is 14.9 Å². The molecule has 10 heteroatoms. The van der Waals surface area contributed by atoms with E-state index in [-0.39, 0.29) is 48.3 Å². The third-order valence-corrected chi connectivity index (χ3v) is 7.18. The topological polar surface area (TPSA) is 94.8 Å². The first-order chi connectivity index (χ1) is 13.5. The third-order valence-electron chi connectivity index (χ3n) is 4.38. The highest BCUT2D eigenvalue weighted by Gasteiger charge is 2.51. The Bertz CT molecular complexity index is 1200. The van der Waals surface area contributed by atoms with Gasteiger partial charge in [0.15, 0.2) is 4.75 Å². The summed E-state index contributed by atoms with van der Waals surface area (Å²) >= 11 is 24.8. The van der Waals surface area contributed by atoms with Gasteiger partial charge in [-0.25, -0.2) is 0 Å². The second kappa shape index (κ2) is 7.87. The molecule has 29 heavy (non-hydrogen) atoms. The Morgan fingerprint density at radius 2 is 1.17 bits per heavy atom. The Kier molecular flexibility index (Phi) is 5.98. The van der Waals surface area contributed by atoms with Gasteiger partial charge in [-0.3, -0.25) is 4.55 Å². The van der Waals surface area contributed by atoms with Crippen molar-refractivity contribution >= 4 is 56.5 Å². The van der Waals surface area contributed by atoms with Crippen LogP contribution in [0.15, 0.2) is 54.6 Å². The lowest BCUT2D eigenvalue weighted by Gasteiger charge is -2.34. The summed E-state index contributed by atoms with van der Waals surface area (Å²) in [5, 5.41) is 19.2. The minimum Gasteiger partial charge on any atom is -0.508 e. The Morgan fingerprint density at radius 1 is 0.655 bits per heavy atom. The molecule has 3 aromatic carbocycles. The smallest absolute Gasteiger partial charge is 0.283 e. The van der Waals surface area contributed by atoms with Gasteiger partial charge in [0.25, 0.3) is 10.1 Å². The Labute approximate surface area is 186 Å². The normalized spacial score (nSPS) is 13.8. The largest absolute Gasteiger partial charge is 0.508 e. The number of aromatic hydroxyl groups is 2. The summed E-state index contributed by atoms with van der Waals surface area (Å²) in [6.07, 6.45) is 0. The Balaban J connectivity index is 2.58. The van der Waals surface area contributed by atoms with Crippen LogP contribution in [0, 0.1) is 0 Å². The molecule has 0 bridgehead atoms. The zero-order valence-electron chi connectivity index (χ0n) is 14.3. The molecule has 0 aliphatic heterocycles.